The van der Waals surface area contributed by atoms with Gasteiger partial charge in [0.25, 0.3) is 0 Å². The molecule has 0 atom stereocenters. The van der Waals surface area contributed by atoms with Crippen LogP contribution in [-0.2, 0) is 4.74 Å². The first-order valence-corrected chi connectivity index (χ1v) is 10.9. The van der Waals surface area contributed by atoms with Crippen LogP contribution in [0, 0.1) is 0 Å². The van der Waals surface area contributed by atoms with E-state index in [1.807, 2.05) is 30.5 Å². The molecule has 0 spiro atoms. The molecule has 2 aromatic carbocycles. The van der Waals surface area contributed by atoms with Crippen molar-refractivity contribution in [1.29, 1.82) is 0 Å². The molecule has 6 nitrogen and oxygen atoms in total. The number of morpholine rings is 1. The van der Waals surface area contributed by atoms with Crippen LogP contribution in [0.15, 0.2) is 75.6 Å². The van der Waals surface area contributed by atoms with Gasteiger partial charge >= 0.3 is 0 Å². The van der Waals surface area contributed by atoms with Gasteiger partial charge in [0.05, 0.1) is 39.9 Å². The Morgan fingerprint density at radius 2 is 1.53 bits per heavy atom. The Bertz CT molecular complexity index is 1010. The van der Waals surface area contributed by atoms with Crippen LogP contribution in [0.4, 0.5) is 0 Å². The second-order valence-electron chi connectivity index (χ2n) is 7.69. The van der Waals surface area contributed by atoms with Crippen LogP contribution in [0.5, 0.6) is 11.5 Å². The second-order valence-corrected chi connectivity index (χ2v) is 7.69. The highest BCUT2D eigenvalue weighted by Crippen LogP contribution is 2.35. The van der Waals surface area contributed by atoms with E-state index >= 15 is 0 Å². The molecule has 0 bridgehead atoms. The number of hydrogen-bond donors (Lipinski definition) is 0. The summed E-state index contributed by atoms with van der Waals surface area (Å²) < 4.78 is 16.2. The van der Waals surface area contributed by atoms with E-state index in [9.17, 15) is 0 Å². The van der Waals surface area contributed by atoms with Crippen molar-refractivity contribution in [2.24, 2.45) is 10.2 Å². The van der Waals surface area contributed by atoms with E-state index in [1.54, 1.807) is 20.4 Å². The van der Waals surface area contributed by atoms with Gasteiger partial charge in [-0.15, -0.1) is 0 Å². The molecular weight excluding hydrogens is 402 g/mol. The average Bonchev–Trinajstić information content (AvgIpc) is 3.24. The summed E-state index contributed by atoms with van der Waals surface area (Å²) in [6.07, 6.45) is 7.85. The van der Waals surface area contributed by atoms with Crippen molar-refractivity contribution in [3.63, 3.8) is 0 Å². The molecule has 0 N–H and O–H groups in total. The molecule has 1 aliphatic heterocycles. The first-order chi connectivity index (χ1) is 15.8. The predicted molar refractivity (Wildman–Crippen MR) is 129 cm³/mol. The van der Waals surface area contributed by atoms with Crippen LogP contribution in [0.25, 0.3) is 6.08 Å². The van der Waals surface area contributed by atoms with Crippen LogP contribution < -0.4 is 9.47 Å². The minimum Gasteiger partial charge on any atom is -0.497 e. The van der Waals surface area contributed by atoms with Gasteiger partial charge in [0, 0.05) is 30.4 Å². The summed E-state index contributed by atoms with van der Waals surface area (Å²) in [6.45, 7) is 3.29. The summed E-state index contributed by atoms with van der Waals surface area (Å²) in [7, 11) is 3.27. The third kappa shape index (κ3) is 5.45. The largest absolute Gasteiger partial charge is 0.497 e. The molecule has 1 heterocycles. The standard InChI is InChI=1S/C26H29N3O3/c1-30-24-15-21(16-25(17-24)31-2)18-27-28-19-23-9-8-22(14-20-6-4-3-5-7-20)26(23)29-10-12-32-13-11-29/h3-7,14-19H,8-13H2,1-2H3/b22-14-,27-18+,28-19+. The Kier molecular flexibility index (Phi) is 7.35. The van der Waals surface area contributed by atoms with Gasteiger partial charge in [0.1, 0.15) is 11.5 Å². The molecule has 0 aromatic heterocycles. The molecule has 0 saturated carbocycles. The lowest BCUT2D eigenvalue weighted by Crippen LogP contribution is -2.36. The van der Waals surface area contributed by atoms with Gasteiger partial charge in [-0.2, -0.15) is 10.2 Å². The van der Waals surface area contributed by atoms with Crippen molar-refractivity contribution in [2.45, 2.75) is 12.8 Å². The Morgan fingerprint density at radius 1 is 0.844 bits per heavy atom. The monoisotopic (exact) mass is 431 g/mol. The molecule has 1 saturated heterocycles. The number of rotatable bonds is 7. The summed E-state index contributed by atoms with van der Waals surface area (Å²) in [5.41, 5.74) is 5.93. The highest BCUT2D eigenvalue weighted by atomic mass is 16.5. The summed E-state index contributed by atoms with van der Waals surface area (Å²) in [5, 5.41) is 8.65. The van der Waals surface area contributed by atoms with Gasteiger partial charge < -0.3 is 19.1 Å². The molecule has 1 fully saturated rings. The molecule has 1 aliphatic carbocycles. The Hall–Kier alpha value is -3.38. The summed E-state index contributed by atoms with van der Waals surface area (Å²) >= 11 is 0. The fourth-order valence-corrected chi connectivity index (χ4v) is 4.03. The lowest BCUT2D eigenvalue weighted by Gasteiger charge is -2.31. The molecule has 0 radical (unpaired) electrons. The Balaban J connectivity index is 1.58. The molecule has 0 unspecified atom stereocenters. The minimum atomic E-state index is 0.721. The minimum absolute atomic E-state index is 0.721. The molecule has 6 heteroatoms. The molecule has 0 amide bonds. The lowest BCUT2D eigenvalue weighted by atomic mass is 10.1. The number of hydrogen-bond acceptors (Lipinski definition) is 6. The van der Waals surface area contributed by atoms with Crippen molar-refractivity contribution in [3.8, 4) is 11.5 Å². The number of benzene rings is 2. The van der Waals surface area contributed by atoms with E-state index in [2.05, 4.69) is 45.4 Å². The molecular formula is C26H29N3O3. The first kappa shape index (κ1) is 21.8. The smallest absolute Gasteiger partial charge is 0.123 e. The van der Waals surface area contributed by atoms with Crippen molar-refractivity contribution in [3.05, 3.63) is 76.5 Å². The molecule has 2 aliphatic rings. The average molecular weight is 432 g/mol. The summed E-state index contributed by atoms with van der Waals surface area (Å²) in [4.78, 5) is 2.42. The van der Waals surface area contributed by atoms with Gasteiger partial charge in [-0.1, -0.05) is 30.3 Å². The maximum atomic E-state index is 5.57. The van der Waals surface area contributed by atoms with Gasteiger partial charge in [0.2, 0.25) is 0 Å². The van der Waals surface area contributed by atoms with Crippen LogP contribution in [0.2, 0.25) is 0 Å². The van der Waals surface area contributed by atoms with Gasteiger partial charge in [0.15, 0.2) is 0 Å². The zero-order valence-electron chi connectivity index (χ0n) is 18.7. The van der Waals surface area contributed by atoms with Crippen LogP contribution in [0.3, 0.4) is 0 Å². The zero-order chi connectivity index (χ0) is 22.2. The first-order valence-electron chi connectivity index (χ1n) is 10.9. The summed E-state index contributed by atoms with van der Waals surface area (Å²) in [5.74, 6) is 1.44. The highest BCUT2D eigenvalue weighted by molar-refractivity contribution is 5.85. The fraction of sp³-hybridized carbons (Fsp3) is 0.308. The van der Waals surface area contributed by atoms with Gasteiger partial charge in [-0.25, -0.2) is 0 Å². The van der Waals surface area contributed by atoms with Crippen molar-refractivity contribution in [1.82, 2.24) is 4.90 Å². The maximum absolute atomic E-state index is 5.57. The van der Waals surface area contributed by atoms with E-state index in [0.717, 1.165) is 56.2 Å². The molecule has 4 rings (SSSR count). The third-order valence-electron chi connectivity index (χ3n) is 5.60. The summed E-state index contributed by atoms with van der Waals surface area (Å²) in [6, 6.07) is 16.1. The van der Waals surface area contributed by atoms with Crippen molar-refractivity contribution >= 4 is 18.5 Å². The number of methoxy groups -OCH3 is 2. The van der Waals surface area contributed by atoms with E-state index in [4.69, 9.17) is 14.2 Å². The number of nitrogens with zero attached hydrogens (tertiary/aromatic N) is 3. The third-order valence-corrected chi connectivity index (χ3v) is 5.60. The van der Waals surface area contributed by atoms with E-state index in [-0.39, 0.29) is 0 Å². The predicted octanol–water partition coefficient (Wildman–Crippen LogP) is 4.57. The van der Waals surface area contributed by atoms with Crippen LogP contribution in [0.1, 0.15) is 24.0 Å². The van der Waals surface area contributed by atoms with E-state index < -0.39 is 0 Å². The molecule has 166 valence electrons. The Morgan fingerprint density at radius 3 is 2.22 bits per heavy atom. The second kappa shape index (κ2) is 10.8. The van der Waals surface area contributed by atoms with Crippen molar-refractivity contribution < 1.29 is 14.2 Å². The van der Waals surface area contributed by atoms with Crippen molar-refractivity contribution in [2.75, 3.05) is 40.5 Å². The van der Waals surface area contributed by atoms with Gasteiger partial charge in [-0.05, 0) is 47.8 Å². The molecule has 32 heavy (non-hydrogen) atoms. The normalized spacial score (nSPS) is 18.3. The van der Waals surface area contributed by atoms with E-state index in [1.165, 1.54) is 22.4 Å². The van der Waals surface area contributed by atoms with Crippen LogP contribution in [-0.4, -0.2) is 57.9 Å². The van der Waals surface area contributed by atoms with Gasteiger partial charge in [-0.3, -0.25) is 0 Å². The topological polar surface area (TPSA) is 55.7 Å². The molecule has 2 aromatic rings. The number of ether oxygens (including phenoxy) is 3. The zero-order valence-corrected chi connectivity index (χ0v) is 18.7. The fourth-order valence-electron chi connectivity index (χ4n) is 4.03. The number of allylic oxidation sites excluding steroid dienone is 2. The lowest BCUT2D eigenvalue weighted by molar-refractivity contribution is 0.0548. The van der Waals surface area contributed by atoms with E-state index in [0.29, 0.717) is 0 Å². The van der Waals surface area contributed by atoms with Crippen LogP contribution >= 0.6 is 0 Å². The highest BCUT2D eigenvalue weighted by Gasteiger charge is 2.25. The Labute approximate surface area is 189 Å². The quantitative estimate of drug-likeness (QED) is 0.476. The SMILES string of the molecule is COc1cc(/C=N/N=C/C2=C(N3CCOCC3)C(=C\c3ccccc3)/CC2)cc(OC)c1. The maximum Gasteiger partial charge on any atom is 0.123 e.